The first kappa shape index (κ1) is 23.2. The molecule has 2 aromatic carbocycles. The molecule has 31 heavy (non-hydrogen) atoms. The molecule has 2 atom stereocenters. The van der Waals surface area contributed by atoms with Gasteiger partial charge in [0.05, 0.1) is 6.61 Å². The summed E-state index contributed by atoms with van der Waals surface area (Å²) in [6.07, 6.45) is 3.73. The Hall–Kier alpha value is -2.50. The second-order valence-electron chi connectivity index (χ2n) is 8.34. The largest absolute Gasteiger partial charge is 0.462 e. The van der Waals surface area contributed by atoms with Gasteiger partial charge in [-0.15, -0.1) is 0 Å². The van der Waals surface area contributed by atoms with E-state index in [4.69, 9.17) is 9.47 Å². The summed E-state index contributed by atoms with van der Waals surface area (Å²) in [5, 5.41) is 0. The molecule has 5 heteroatoms. The number of esters is 1. The third kappa shape index (κ3) is 6.25. The van der Waals surface area contributed by atoms with Gasteiger partial charge in [-0.1, -0.05) is 67.1 Å². The second-order valence-corrected chi connectivity index (χ2v) is 8.34. The van der Waals surface area contributed by atoms with E-state index in [-0.39, 0.29) is 25.4 Å². The SMILES string of the molecule is CC(=O)C(Cc1ccccc1)(OCc1ccccc1)C(=O)OCCN1CCCCC1C. The number of nitrogens with zero attached hydrogens (tertiary/aromatic N) is 1. The monoisotopic (exact) mass is 423 g/mol. The van der Waals surface area contributed by atoms with Crippen LogP contribution in [0.4, 0.5) is 0 Å². The van der Waals surface area contributed by atoms with Crippen LogP contribution in [-0.2, 0) is 32.1 Å². The molecule has 0 saturated carbocycles. The van der Waals surface area contributed by atoms with Gasteiger partial charge in [-0.05, 0) is 44.4 Å². The number of benzene rings is 2. The van der Waals surface area contributed by atoms with Gasteiger partial charge in [0.2, 0.25) is 5.60 Å². The van der Waals surface area contributed by atoms with Crippen LogP contribution in [0.1, 0.15) is 44.2 Å². The van der Waals surface area contributed by atoms with E-state index in [0.717, 1.165) is 17.7 Å². The lowest BCUT2D eigenvalue weighted by Gasteiger charge is -2.34. The predicted molar refractivity (Wildman–Crippen MR) is 121 cm³/mol. The van der Waals surface area contributed by atoms with Crippen molar-refractivity contribution in [3.05, 3.63) is 71.8 Å². The number of hydrogen-bond donors (Lipinski definition) is 0. The van der Waals surface area contributed by atoms with Gasteiger partial charge in [0, 0.05) is 19.0 Å². The smallest absolute Gasteiger partial charge is 0.346 e. The minimum absolute atomic E-state index is 0.148. The summed E-state index contributed by atoms with van der Waals surface area (Å²) in [6, 6.07) is 19.5. The van der Waals surface area contributed by atoms with Gasteiger partial charge in [0.25, 0.3) is 0 Å². The number of ketones is 1. The molecule has 0 amide bonds. The Kier molecular flexibility index (Phi) is 8.38. The zero-order chi connectivity index (χ0) is 22.1. The molecule has 0 aliphatic carbocycles. The quantitative estimate of drug-likeness (QED) is 0.424. The normalized spacial score (nSPS) is 18.8. The highest BCUT2D eigenvalue weighted by molar-refractivity contribution is 6.06. The molecule has 1 saturated heterocycles. The average molecular weight is 424 g/mol. The van der Waals surface area contributed by atoms with Gasteiger partial charge in [-0.2, -0.15) is 0 Å². The highest BCUT2D eigenvalue weighted by atomic mass is 16.6. The first-order valence-electron chi connectivity index (χ1n) is 11.2. The Labute approximate surface area is 185 Å². The molecule has 0 radical (unpaired) electrons. The van der Waals surface area contributed by atoms with E-state index in [2.05, 4.69) is 11.8 Å². The molecule has 1 heterocycles. The van der Waals surface area contributed by atoms with Crippen molar-refractivity contribution in [2.45, 2.75) is 57.8 Å². The molecule has 0 bridgehead atoms. The zero-order valence-corrected chi connectivity index (χ0v) is 18.6. The predicted octanol–water partition coefficient (Wildman–Crippen LogP) is 4.19. The number of rotatable bonds is 10. The molecule has 2 aromatic rings. The van der Waals surface area contributed by atoms with Gasteiger partial charge in [0.15, 0.2) is 5.78 Å². The van der Waals surface area contributed by atoms with Crippen LogP contribution in [0.15, 0.2) is 60.7 Å². The van der Waals surface area contributed by atoms with Gasteiger partial charge in [0.1, 0.15) is 6.61 Å². The zero-order valence-electron chi connectivity index (χ0n) is 18.6. The lowest BCUT2D eigenvalue weighted by atomic mass is 9.90. The van der Waals surface area contributed by atoms with E-state index in [0.29, 0.717) is 12.6 Å². The van der Waals surface area contributed by atoms with Gasteiger partial charge in [-0.25, -0.2) is 4.79 Å². The van der Waals surface area contributed by atoms with Crippen LogP contribution in [0.25, 0.3) is 0 Å². The lowest BCUT2D eigenvalue weighted by Crippen LogP contribution is -2.51. The molecule has 1 aliphatic heterocycles. The standard InChI is InChI=1S/C26H33NO4/c1-21-11-9-10-16-27(21)17-18-30-25(29)26(22(2)28,19-23-12-5-3-6-13-23)31-20-24-14-7-4-8-15-24/h3-8,12-15,21H,9-11,16-20H2,1-2H3. The molecule has 5 nitrogen and oxygen atoms in total. The number of carbonyl (C=O) groups excluding carboxylic acids is 2. The molecule has 0 spiro atoms. The summed E-state index contributed by atoms with van der Waals surface area (Å²) >= 11 is 0. The second kappa shape index (κ2) is 11.2. The third-order valence-electron chi connectivity index (χ3n) is 6.07. The number of likely N-dealkylation sites (tertiary alicyclic amines) is 1. The van der Waals surface area contributed by atoms with Crippen LogP contribution in [0.2, 0.25) is 0 Å². The van der Waals surface area contributed by atoms with Crippen molar-refractivity contribution in [1.29, 1.82) is 0 Å². The van der Waals surface area contributed by atoms with Crippen molar-refractivity contribution in [3.63, 3.8) is 0 Å². The number of ether oxygens (including phenoxy) is 2. The van der Waals surface area contributed by atoms with Crippen LogP contribution in [-0.4, -0.2) is 48.0 Å². The summed E-state index contributed by atoms with van der Waals surface area (Å²) in [7, 11) is 0. The summed E-state index contributed by atoms with van der Waals surface area (Å²) < 4.78 is 11.7. The molecule has 1 aliphatic rings. The summed E-state index contributed by atoms with van der Waals surface area (Å²) in [5.41, 5.74) is 0.0912. The van der Waals surface area contributed by atoms with Crippen LogP contribution in [0.5, 0.6) is 0 Å². The molecule has 0 aromatic heterocycles. The maximum atomic E-state index is 13.3. The summed E-state index contributed by atoms with van der Waals surface area (Å²) in [4.78, 5) is 28.4. The maximum absolute atomic E-state index is 13.3. The summed E-state index contributed by atoms with van der Waals surface area (Å²) in [6.45, 7) is 5.71. The first-order valence-corrected chi connectivity index (χ1v) is 11.2. The van der Waals surface area contributed by atoms with Gasteiger partial charge < -0.3 is 9.47 Å². The fourth-order valence-electron chi connectivity index (χ4n) is 4.08. The molecular weight excluding hydrogens is 390 g/mol. The highest BCUT2D eigenvalue weighted by Crippen LogP contribution is 2.24. The number of Topliss-reactive ketones (excluding diaryl/α,β-unsaturated/α-hetero) is 1. The number of carbonyl (C=O) groups is 2. The average Bonchev–Trinajstić information content (AvgIpc) is 2.79. The van der Waals surface area contributed by atoms with Crippen molar-refractivity contribution < 1.29 is 19.1 Å². The molecule has 3 rings (SSSR count). The number of hydrogen-bond acceptors (Lipinski definition) is 5. The minimum atomic E-state index is -1.66. The Bertz CT molecular complexity index is 839. The molecular formula is C26H33NO4. The first-order chi connectivity index (χ1) is 15.0. The van der Waals surface area contributed by atoms with Gasteiger partial charge in [-0.3, -0.25) is 9.69 Å². The van der Waals surface area contributed by atoms with Crippen molar-refractivity contribution in [3.8, 4) is 0 Å². The lowest BCUT2D eigenvalue weighted by molar-refractivity contribution is -0.179. The topological polar surface area (TPSA) is 55.8 Å². The van der Waals surface area contributed by atoms with Crippen molar-refractivity contribution in [2.75, 3.05) is 19.7 Å². The van der Waals surface area contributed by atoms with Crippen LogP contribution >= 0.6 is 0 Å². The molecule has 0 N–H and O–H groups in total. The Morgan fingerprint density at radius 1 is 1.00 bits per heavy atom. The minimum Gasteiger partial charge on any atom is -0.462 e. The van der Waals surface area contributed by atoms with Crippen molar-refractivity contribution >= 4 is 11.8 Å². The Morgan fingerprint density at radius 2 is 1.65 bits per heavy atom. The Balaban J connectivity index is 1.73. The fraction of sp³-hybridized carbons (Fsp3) is 0.462. The van der Waals surface area contributed by atoms with E-state index in [1.807, 2.05) is 60.7 Å². The van der Waals surface area contributed by atoms with Crippen LogP contribution in [0.3, 0.4) is 0 Å². The van der Waals surface area contributed by atoms with E-state index in [1.165, 1.54) is 26.2 Å². The van der Waals surface area contributed by atoms with E-state index in [9.17, 15) is 9.59 Å². The highest BCUT2D eigenvalue weighted by Gasteiger charge is 2.46. The van der Waals surface area contributed by atoms with E-state index >= 15 is 0 Å². The van der Waals surface area contributed by atoms with E-state index in [1.54, 1.807) is 0 Å². The third-order valence-corrected chi connectivity index (χ3v) is 6.07. The fourth-order valence-corrected chi connectivity index (χ4v) is 4.08. The van der Waals surface area contributed by atoms with Crippen LogP contribution in [0, 0.1) is 0 Å². The maximum Gasteiger partial charge on any atom is 0.346 e. The summed E-state index contributed by atoms with van der Waals surface area (Å²) in [5.74, 6) is -0.951. The molecule has 1 fully saturated rings. The molecule has 2 unspecified atom stereocenters. The van der Waals surface area contributed by atoms with Gasteiger partial charge >= 0.3 is 5.97 Å². The molecule has 166 valence electrons. The number of piperidine rings is 1. The Morgan fingerprint density at radius 3 is 2.26 bits per heavy atom. The van der Waals surface area contributed by atoms with Crippen LogP contribution < -0.4 is 0 Å². The van der Waals surface area contributed by atoms with Crippen molar-refractivity contribution in [2.24, 2.45) is 0 Å². The van der Waals surface area contributed by atoms with E-state index < -0.39 is 11.6 Å². The van der Waals surface area contributed by atoms with Crippen molar-refractivity contribution in [1.82, 2.24) is 4.90 Å².